The molecule has 0 bridgehead atoms. The second-order valence-electron chi connectivity index (χ2n) is 9.83. The molecule has 37 heavy (non-hydrogen) atoms. The van der Waals surface area contributed by atoms with Gasteiger partial charge in [-0.1, -0.05) is 6.07 Å². The number of nitrogens with one attached hydrogen (secondary N) is 1. The van der Waals surface area contributed by atoms with Gasteiger partial charge >= 0.3 is 0 Å². The highest BCUT2D eigenvalue weighted by molar-refractivity contribution is 5.82. The van der Waals surface area contributed by atoms with Crippen LogP contribution in [0, 0.1) is 5.82 Å². The van der Waals surface area contributed by atoms with Crippen LogP contribution in [0.1, 0.15) is 42.5 Å². The van der Waals surface area contributed by atoms with Gasteiger partial charge in [0.1, 0.15) is 29.8 Å². The van der Waals surface area contributed by atoms with Gasteiger partial charge in [0.15, 0.2) is 5.82 Å². The molecule has 1 N–H and O–H groups in total. The first-order valence-corrected chi connectivity index (χ1v) is 12.4. The first-order valence-electron chi connectivity index (χ1n) is 12.4. The first-order chi connectivity index (χ1) is 18.0. The number of rotatable bonds is 5. The van der Waals surface area contributed by atoms with Crippen molar-refractivity contribution in [1.82, 2.24) is 34.3 Å². The number of H-pyrrole nitrogens is 1. The summed E-state index contributed by atoms with van der Waals surface area (Å²) in [5.74, 6) is 1.24. The van der Waals surface area contributed by atoms with Gasteiger partial charge in [-0.15, -0.1) is 10.2 Å². The molecule has 1 aliphatic carbocycles. The van der Waals surface area contributed by atoms with E-state index < -0.39 is 0 Å². The lowest BCUT2D eigenvalue weighted by molar-refractivity contribution is 0.193. The molecule has 5 heterocycles. The number of hydrogen-bond acceptors (Lipinski definition) is 6. The maximum Gasteiger partial charge on any atom is 0.283 e. The Morgan fingerprint density at radius 1 is 1.05 bits per heavy atom. The number of pyridine rings is 1. The molecule has 5 aromatic rings. The minimum atomic E-state index is -0.362. The molecule has 9 nitrogen and oxygen atoms in total. The van der Waals surface area contributed by atoms with Crippen molar-refractivity contribution in [3.8, 4) is 28.3 Å². The van der Waals surface area contributed by atoms with Crippen LogP contribution in [0.25, 0.3) is 39.4 Å². The molecule has 2 aliphatic rings. The molecule has 1 unspecified atom stereocenters. The van der Waals surface area contributed by atoms with E-state index in [-0.39, 0.29) is 17.3 Å². The minimum Gasteiger partial charge on any atom is -0.381 e. The predicted molar refractivity (Wildman–Crippen MR) is 135 cm³/mol. The zero-order valence-corrected chi connectivity index (χ0v) is 20.2. The largest absolute Gasteiger partial charge is 0.381 e. The van der Waals surface area contributed by atoms with Crippen LogP contribution >= 0.6 is 0 Å². The van der Waals surface area contributed by atoms with Gasteiger partial charge in [0.2, 0.25) is 0 Å². The van der Waals surface area contributed by atoms with Crippen LogP contribution in [0.5, 0.6) is 0 Å². The number of nitrogens with zero attached hydrogens (tertiary/aromatic N) is 6. The van der Waals surface area contributed by atoms with Gasteiger partial charge in [-0.25, -0.2) is 18.9 Å². The first kappa shape index (κ1) is 22.1. The molecular formula is C27H24FN7O2. The Balaban J connectivity index is 1.39. The Morgan fingerprint density at radius 3 is 2.70 bits per heavy atom. The van der Waals surface area contributed by atoms with Crippen LogP contribution in [0.15, 0.2) is 53.8 Å². The Labute approximate surface area is 211 Å². The monoisotopic (exact) mass is 497 g/mol. The van der Waals surface area contributed by atoms with E-state index in [4.69, 9.17) is 9.72 Å². The second kappa shape index (κ2) is 8.45. The van der Waals surface area contributed by atoms with E-state index in [9.17, 15) is 9.18 Å². The van der Waals surface area contributed by atoms with E-state index in [0.717, 1.165) is 48.4 Å². The average Bonchev–Trinajstić information content (AvgIpc) is 3.26. The molecule has 1 aromatic carbocycles. The quantitative estimate of drug-likeness (QED) is 0.392. The number of halogens is 1. The summed E-state index contributed by atoms with van der Waals surface area (Å²) in [6, 6.07) is 10.4. The number of ether oxygens (including phenoxy) is 1. The number of hydrogen-bond donors (Lipinski definition) is 1. The molecule has 10 heteroatoms. The van der Waals surface area contributed by atoms with E-state index in [0.29, 0.717) is 40.8 Å². The van der Waals surface area contributed by atoms with Crippen LogP contribution in [0.3, 0.4) is 0 Å². The Hall–Kier alpha value is -4.18. The van der Waals surface area contributed by atoms with E-state index in [1.807, 2.05) is 25.2 Å². The highest BCUT2D eigenvalue weighted by Crippen LogP contribution is 2.41. The number of aryl methyl sites for hydroxylation is 1. The molecule has 0 spiro atoms. The zero-order valence-electron chi connectivity index (χ0n) is 20.2. The molecular weight excluding hydrogens is 473 g/mol. The van der Waals surface area contributed by atoms with E-state index in [1.165, 1.54) is 23.0 Å². The zero-order chi connectivity index (χ0) is 25.1. The van der Waals surface area contributed by atoms with Gasteiger partial charge in [0.05, 0.1) is 12.1 Å². The summed E-state index contributed by atoms with van der Waals surface area (Å²) in [5.41, 5.74) is 4.97. The summed E-state index contributed by atoms with van der Waals surface area (Å²) in [6.07, 6.45) is 6.13. The summed E-state index contributed by atoms with van der Waals surface area (Å²) in [5, 5.41) is 8.17. The van der Waals surface area contributed by atoms with Crippen molar-refractivity contribution in [2.45, 2.75) is 31.1 Å². The molecule has 1 aliphatic heterocycles. The third-order valence-corrected chi connectivity index (χ3v) is 7.25. The molecule has 1 saturated heterocycles. The summed E-state index contributed by atoms with van der Waals surface area (Å²) < 4.78 is 23.1. The maximum atomic E-state index is 14.3. The fraction of sp³-hybridized carbons (Fsp3) is 0.296. The molecule has 1 atom stereocenters. The smallest absolute Gasteiger partial charge is 0.283 e. The van der Waals surface area contributed by atoms with Gasteiger partial charge in [0, 0.05) is 42.4 Å². The SMILES string of the molecule is Cn1cnnc1-c1cc(F)ccc1-c1cc(C2CC2)nc(-n2cnc3cc(C4CCOC4)[nH]c3c2=O)c1. The van der Waals surface area contributed by atoms with Gasteiger partial charge in [-0.05, 0) is 60.7 Å². The lowest BCUT2D eigenvalue weighted by Crippen LogP contribution is -2.20. The van der Waals surface area contributed by atoms with Crippen LogP contribution in [0.2, 0.25) is 0 Å². The van der Waals surface area contributed by atoms with Crippen molar-refractivity contribution in [3.05, 3.63) is 76.6 Å². The molecule has 7 rings (SSSR count). The molecule has 2 fully saturated rings. The van der Waals surface area contributed by atoms with Crippen molar-refractivity contribution in [1.29, 1.82) is 0 Å². The third kappa shape index (κ3) is 3.84. The highest BCUT2D eigenvalue weighted by Gasteiger charge is 2.27. The van der Waals surface area contributed by atoms with Crippen LogP contribution in [-0.2, 0) is 11.8 Å². The summed E-state index contributed by atoms with van der Waals surface area (Å²) in [6.45, 7) is 1.36. The Morgan fingerprint density at radius 2 is 1.95 bits per heavy atom. The predicted octanol–water partition coefficient (Wildman–Crippen LogP) is 4.09. The number of aromatic nitrogens is 7. The number of benzene rings is 1. The number of aromatic amines is 1. The van der Waals surface area contributed by atoms with Crippen molar-refractivity contribution in [2.24, 2.45) is 7.05 Å². The van der Waals surface area contributed by atoms with Gasteiger partial charge in [-0.3, -0.25) is 4.79 Å². The van der Waals surface area contributed by atoms with Crippen molar-refractivity contribution in [3.63, 3.8) is 0 Å². The Bertz CT molecular complexity index is 1710. The summed E-state index contributed by atoms with van der Waals surface area (Å²) >= 11 is 0. The topological polar surface area (TPSA) is 104 Å². The third-order valence-electron chi connectivity index (χ3n) is 7.25. The minimum absolute atomic E-state index is 0.214. The van der Waals surface area contributed by atoms with Crippen LogP contribution < -0.4 is 5.56 Å². The lowest BCUT2D eigenvalue weighted by Gasteiger charge is -2.13. The van der Waals surface area contributed by atoms with E-state index in [1.54, 1.807) is 17.0 Å². The maximum absolute atomic E-state index is 14.3. The lowest BCUT2D eigenvalue weighted by atomic mass is 9.98. The molecule has 186 valence electrons. The van der Waals surface area contributed by atoms with Crippen molar-refractivity contribution < 1.29 is 9.13 Å². The summed E-state index contributed by atoms with van der Waals surface area (Å²) in [7, 11) is 1.82. The molecule has 4 aromatic heterocycles. The van der Waals surface area contributed by atoms with Crippen molar-refractivity contribution >= 4 is 11.0 Å². The van der Waals surface area contributed by atoms with Gasteiger partial charge in [0.25, 0.3) is 5.56 Å². The fourth-order valence-corrected chi connectivity index (χ4v) is 5.07. The van der Waals surface area contributed by atoms with Gasteiger partial charge < -0.3 is 14.3 Å². The molecule has 0 amide bonds. The Kier molecular flexibility index (Phi) is 5.03. The van der Waals surface area contributed by atoms with Gasteiger partial charge in [-0.2, -0.15) is 0 Å². The normalized spacial score (nSPS) is 17.6. The highest BCUT2D eigenvalue weighted by atomic mass is 19.1. The number of fused-ring (bicyclic) bond motifs is 1. The fourth-order valence-electron chi connectivity index (χ4n) is 5.07. The summed E-state index contributed by atoms with van der Waals surface area (Å²) in [4.78, 5) is 26.3. The average molecular weight is 498 g/mol. The van der Waals surface area contributed by atoms with E-state index >= 15 is 0 Å². The molecule has 0 radical (unpaired) electrons. The van der Waals surface area contributed by atoms with Crippen LogP contribution in [-0.4, -0.2) is 47.5 Å². The molecule has 1 saturated carbocycles. The second-order valence-corrected chi connectivity index (χ2v) is 9.83. The van der Waals surface area contributed by atoms with E-state index in [2.05, 4.69) is 20.2 Å². The standard InChI is InChI=1S/C27H24FN7O2/c1-34-14-30-33-26(34)20-10-18(28)4-5-19(20)17-8-21(15-2-3-15)31-24(9-17)35-13-29-23-11-22(16-6-7-37-12-16)32-25(23)27(35)36/h4-5,8-11,13-16,32H,2-3,6-7,12H2,1H3. The van der Waals surface area contributed by atoms with Crippen LogP contribution in [0.4, 0.5) is 4.39 Å². The van der Waals surface area contributed by atoms with Crippen molar-refractivity contribution in [2.75, 3.05) is 13.2 Å².